The standard InChI is InChI=1S/C8H13N3O2/c1-4-6-9-7(10-11(6)3)5(2)8(12)13/h5H,4H2,1-3H3,(H,12,13). The van der Waals surface area contributed by atoms with Gasteiger partial charge >= 0.3 is 5.97 Å². The van der Waals surface area contributed by atoms with Gasteiger partial charge < -0.3 is 5.11 Å². The van der Waals surface area contributed by atoms with Gasteiger partial charge in [-0.3, -0.25) is 9.48 Å². The van der Waals surface area contributed by atoms with Gasteiger partial charge in [-0.25, -0.2) is 4.98 Å². The lowest BCUT2D eigenvalue weighted by atomic mass is 10.2. The number of carbonyl (C=O) groups is 1. The Hall–Kier alpha value is -1.39. The van der Waals surface area contributed by atoms with Crippen molar-refractivity contribution >= 4 is 5.97 Å². The molecule has 5 heteroatoms. The van der Waals surface area contributed by atoms with Gasteiger partial charge in [0.2, 0.25) is 0 Å². The van der Waals surface area contributed by atoms with Gasteiger partial charge in [-0.05, 0) is 6.92 Å². The van der Waals surface area contributed by atoms with Crippen LogP contribution in [0, 0.1) is 0 Å². The van der Waals surface area contributed by atoms with Crippen LogP contribution in [-0.4, -0.2) is 25.8 Å². The predicted molar refractivity (Wildman–Crippen MR) is 46.4 cm³/mol. The van der Waals surface area contributed by atoms with Crippen molar-refractivity contribution in [2.75, 3.05) is 0 Å². The van der Waals surface area contributed by atoms with Gasteiger partial charge in [0.25, 0.3) is 0 Å². The average Bonchev–Trinajstić information content (AvgIpc) is 2.45. The summed E-state index contributed by atoms with van der Waals surface area (Å²) < 4.78 is 1.62. The Balaban J connectivity index is 2.96. The summed E-state index contributed by atoms with van der Waals surface area (Å²) in [6.45, 7) is 3.54. The second kappa shape index (κ2) is 3.55. The third-order valence-corrected chi connectivity index (χ3v) is 1.94. The van der Waals surface area contributed by atoms with Crippen LogP contribution in [0.1, 0.15) is 31.4 Å². The molecule has 0 aliphatic heterocycles. The molecule has 1 unspecified atom stereocenters. The first-order valence-corrected chi connectivity index (χ1v) is 4.18. The van der Waals surface area contributed by atoms with Crippen LogP contribution in [0.5, 0.6) is 0 Å². The average molecular weight is 183 g/mol. The SMILES string of the molecule is CCc1nc(C(C)C(=O)O)nn1C. The maximum absolute atomic E-state index is 10.6. The Morgan fingerprint density at radius 1 is 1.69 bits per heavy atom. The number of nitrogens with zero attached hydrogens (tertiary/aromatic N) is 3. The Kier molecular flexibility index (Phi) is 2.65. The highest BCUT2D eigenvalue weighted by molar-refractivity contribution is 5.74. The van der Waals surface area contributed by atoms with Crippen molar-refractivity contribution in [1.82, 2.24) is 14.8 Å². The van der Waals surface area contributed by atoms with Gasteiger partial charge in [-0.15, -0.1) is 0 Å². The van der Waals surface area contributed by atoms with Crippen LogP contribution >= 0.6 is 0 Å². The van der Waals surface area contributed by atoms with Crippen molar-refractivity contribution in [1.29, 1.82) is 0 Å². The van der Waals surface area contributed by atoms with E-state index in [4.69, 9.17) is 5.11 Å². The van der Waals surface area contributed by atoms with Crippen molar-refractivity contribution in [2.45, 2.75) is 26.2 Å². The summed E-state index contributed by atoms with van der Waals surface area (Å²) >= 11 is 0. The number of hydrogen-bond acceptors (Lipinski definition) is 3. The Morgan fingerprint density at radius 3 is 2.69 bits per heavy atom. The van der Waals surface area contributed by atoms with Crippen LogP contribution in [-0.2, 0) is 18.3 Å². The lowest BCUT2D eigenvalue weighted by molar-refractivity contribution is -0.138. The highest BCUT2D eigenvalue weighted by Gasteiger charge is 2.19. The van der Waals surface area contributed by atoms with Crippen LogP contribution in [0.2, 0.25) is 0 Å². The fourth-order valence-electron chi connectivity index (χ4n) is 1.04. The minimum atomic E-state index is -0.895. The van der Waals surface area contributed by atoms with E-state index in [0.717, 1.165) is 12.2 Å². The van der Waals surface area contributed by atoms with E-state index in [2.05, 4.69) is 10.1 Å². The number of hydrogen-bond donors (Lipinski definition) is 1. The van der Waals surface area contributed by atoms with E-state index >= 15 is 0 Å². The molecule has 0 bridgehead atoms. The molecule has 0 radical (unpaired) electrons. The molecule has 0 saturated heterocycles. The van der Waals surface area contributed by atoms with Crippen LogP contribution < -0.4 is 0 Å². The summed E-state index contributed by atoms with van der Waals surface area (Å²) in [6.07, 6.45) is 0.760. The van der Waals surface area contributed by atoms with E-state index in [0.29, 0.717) is 5.82 Å². The highest BCUT2D eigenvalue weighted by Crippen LogP contribution is 2.10. The van der Waals surface area contributed by atoms with Crippen molar-refractivity contribution < 1.29 is 9.90 Å². The fraction of sp³-hybridized carbons (Fsp3) is 0.625. The molecule has 13 heavy (non-hydrogen) atoms. The van der Waals surface area contributed by atoms with Gasteiger partial charge in [0.05, 0.1) is 0 Å². The fourth-order valence-corrected chi connectivity index (χ4v) is 1.04. The summed E-state index contributed by atoms with van der Waals surface area (Å²) in [5, 5.41) is 12.7. The van der Waals surface area contributed by atoms with Crippen LogP contribution in [0.4, 0.5) is 0 Å². The van der Waals surface area contributed by atoms with E-state index in [9.17, 15) is 4.79 Å². The van der Waals surface area contributed by atoms with E-state index in [1.807, 2.05) is 6.92 Å². The van der Waals surface area contributed by atoms with Crippen molar-refractivity contribution in [3.8, 4) is 0 Å². The van der Waals surface area contributed by atoms with Crippen molar-refractivity contribution in [3.05, 3.63) is 11.6 Å². The minimum Gasteiger partial charge on any atom is -0.481 e. The maximum atomic E-state index is 10.6. The van der Waals surface area contributed by atoms with Gasteiger partial charge in [0.15, 0.2) is 5.82 Å². The van der Waals surface area contributed by atoms with Gasteiger partial charge in [0.1, 0.15) is 11.7 Å². The summed E-state index contributed by atoms with van der Waals surface area (Å²) in [7, 11) is 1.77. The monoisotopic (exact) mass is 183 g/mol. The topological polar surface area (TPSA) is 68.0 Å². The zero-order valence-corrected chi connectivity index (χ0v) is 7.98. The smallest absolute Gasteiger partial charge is 0.314 e. The largest absolute Gasteiger partial charge is 0.481 e. The Labute approximate surface area is 76.4 Å². The minimum absolute atomic E-state index is 0.381. The number of aromatic nitrogens is 3. The quantitative estimate of drug-likeness (QED) is 0.743. The highest BCUT2D eigenvalue weighted by atomic mass is 16.4. The summed E-state index contributed by atoms with van der Waals surface area (Å²) in [4.78, 5) is 14.7. The molecule has 72 valence electrons. The lowest BCUT2D eigenvalue weighted by Crippen LogP contribution is -2.09. The Morgan fingerprint density at radius 2 is 2.31 bits per heavy atom. The van der Waals surface area contributed by atoms with Crippen LogP contribution in [0.25, 0.3) is 0 Å². The Bertz CT molecular complexity index is 319. The van der Waals surface area contributed by atoms with E-state index in [-0.39, 0.29) is 0 Å². The summed E-state index contributed by atoms with van der Waals surface area (Å²) in [6, 6.07) is 0. The molecule has 0 spiro atoms. The molecule has 0 aliphatic carbocycles. The zero-order chi connectivity index (χ0) is 10.0. The first-order chi connectivity index (χ1) is 6.06. The molecule has 1 rings (SSSR count). The molecule has 0 amide bonds. The molecule has 0 aliphatic rings. The van der Waals surface area contributed by atoms with Gasteiger partial charge in [-0.2, -0.15) is 5.10 Å². The number of aryl methyl sites for hydroxylation is 2. The van der Waals surface area contributed by atoms with Crippen molar-refractivity contribution in [2.24, 2.45) is 7.05 Å². The van der Waals surface area contributed by atoms with Gasteiger partial charge in [0, 0.05) is 13.5 Å². The van der Waals surface area contributed by atoms with Gasteiger partial charge in [-0.1, -0.05) is 6.92 Å². The third-order valence-electron chi connectivity index (χ3n) is 1.94. The first kappa shape index (κ1) is 9.70. The molecule has 1 heterocycles. The number of carboxylic acids is 1. The number of carboxylic acid groups (broad SMARTS) is 1. The van der Waals surface area contributed by atoms with Crippen molar-refractivity contribution in [3.63, 3.8) is 0 Å². The van der Waals surface area contributed by atoms with Crippen LogP contribution in [0.15, 0.2) is 0 Å². The molecule has 1 atom stereocenters. The molecular formula is C8H13N3O2. The molecular weight excluding hydrogens is 170 g/mol. The second-order valence-electron chi connectivity index (χ2n) is 2.92. The molecule has 1 aromatic heterocycles. The first-order valence-electron chi connectivity index (χ1n) is 4.18. The molecule has 0 fully saturated rings. The normalized spacial score (nSPS) is 12.8. The molecule has 0 aromatic carbocycles. The van der Waals surface area contributed by atoms with E-state index < -0.39 is 11.9 Å². The predicted octanol–water partition coefficient (Wildman–Crippen LogP) is 0.566. The second-order valence-corrected chi connectivity index (χ2v) is 2.92. The van der Waals surface area contributed by atoms with E-state index in [1.165, 1.54) is 0 Å². The number of rotatable bonds is 3. The maximum Gasteiger partial charge on any atom is 0.314 e. The third kappa shape index (κ3) is 1.85. The molecule has 1 aromatic rings. The zero-order valence-electron chi connectivity index (χ0n) is 7.98. The molecule has 0 saturated carbocycles. The molecule has 5 nitrogen and oxygen atoms in total. The lowest BCUT2D eigenvalue weighted by Gasteiger charge is -1.97. The number of aliphatic carboxylic acids is 1. The van der Waals surface area contributed by atoms with E-state index in [1.54, 1.807) is 18.7 Å². The van der Waals surface area contributed by atoms with Crippen LogP contribution in [0.3, 0.4) is 0 Å². The molecule has 1 N–H and O–H groups in total. The summed E-state index contributed by atoms with van der Waals surface area (Å²) in [5.74, 6) is -0.338. The summed E-state index contributed by atoms with van der Waals surface area (Å²) in [5.41, 5.74) is 0.